The third-order valence-electron chi connectivity index (χ3n) is 4.06. The van der Waals surface area contributed by atoms with E-state index >= 15 is 0 Å². The highest BCUT2D eigenvalue weighted by atomic mass is 32.1. The molecule has 0 aliphatic carbocycles. The Bertz CT molecular complexity index is 939. The average Bonchev–Trinajstić information content (AvgIpc) is 3.17. The predicted molar refractivity (Wildman–Crippen MR) is 111 cm³/mol. The smallest absolute Gasteiger partial charge is 0.338 e. The molecule has 6 nitrogen and oxygen atoms in total. The summed E-state index contributed by atoms with van der Waals surface area (Å²) < 4.78 is 10.7. The van der Waals surface area contributed by atoms with Crippen molar-refractivity contribution in [1.82, 2.24) is 10.3 Å². The Labute approximate surface area is 173 Å². The monoisotopic (exact) mass is 410 g/mol. The third-order valence-corrected chi connectivity index (χ3v) is 4.88. The molecule has 0 fully saturated rings. The standard InChI is InChI=1S/C22H22N2O4S/c1-16-24-19(15-29-16)13-27-20-9-7-18(8-10-20)22(26)28-14-21(25)23-12-11-17-5-3-2-4-6-17/h2-10,15H,11-14H2,1H3,(H,23,25). The summed E-state index contributed by atoms with van der Waals surface area (Å²) in [7, 11) is 0. The second-order valence-corrected chi connectivity index (χ2v) is 7.39. The molecule has 1 heterocycles. The van der Waals surface area contributed by atoms with Crippen molar-refractivity contribution in [3.05, 3.63) is 81.8 Å². The summed E-state index contributed by atoms with van der Waals surface area (Å²) in [5, 5.41) is 5.68. The minimum Gasteiger partial charge on any atom is -0.487 e. The highest BCUT2D eigenvalue weighted by Gasteiger charge is 2.10. The molecule has 29 heavy (non-hydrogen) atoms. The van der Waals surface area contributed by atoms with Gasteiger partial charge in [0.25, 0.3) is 5.91 Å². The lowest BCUT2D eigenvalue weighted by Crippen LogP contribution is -2.30. The Kier molecular flexibility index (Phi) is 7.35. The number of carbonyl (C=O) groups excluding carboxylic acids is 2. The minimum absolute atomic E-state index is 0.310. The number of benzene rings is 2. The lowest BCUT2D eigenvalue weighted by molar-refractivity contribution is -0.124. The zero-order chi connectivity index (χ0) is 20.5. The first-order valence-corrected chi connectivity index (χ1v) is 10.1. The SMILES string of the molecule is Cc1nc(COc2ccc(C(=O)OCC(=O)NCCc3ccccc3)cc2)cs1. The van der Waals surface area contributed by atoms with Crippen LogP contribution in [0.1, 0.15) is 26.6 Å². The molecule has 0 radical (unpaired) electrons. The first kappa shape index (κ1) is 20.5. The van der Waals surface area contributed by atoms with Gasteiger partial charge in [0.05, 0.1) is 16.3 Å². The number of esters is 1. The minimum atomic E-state index is -0.551. The molecular formula is C22H22N2O4S. The lowest BCUT2D eigenvalue weighted by atomic mass is 10.1. The first-order valence-electron chi connectivity index (χ1n) is 9.22. The van der Waals surface area contributed by atoms with Crippen molar-refractivity contribution in [2.24, 2.45) is 0 Å². The molecule has 7 heteroatoms. The molecule has 0 spiro atoms. The highest BCUT2D eigenvalue weighted by Crippen LogP contribution is 2.16. The number of carbonyl (C=O) groups is 2. The maximum absolute atomic E-state index is 12.1. The van der Waals surface area contributed by atoms with Crippen molar-refractivity contribution >= 4 is 23.2 Å². The number of aromatic nitrogens is 1. The van der Waals surface area contributed by atoms with Crippen LogP contribution in [-0.4, -0.2) is 30.0 Å². The number of nitrogens with zero attached hydrogens (tertiary/aromatic N) is 1. The van der Waals surface area contributed by atoms with Gasteiger partial charge in [-0.05, 0) is 43.2 Å². The van der Waals surface area contributed by atoms with Gasteiger partial charge in [-0.3, -0.25) is 4.79 Å². The molecule has 0 saturated carbocycles. The maximum atomic E-state index is 12.1. The zero-order valence-corrected chi connectivity index (χ0v) is 16.9. The Morgan fingerprint density at radius 3 is 2.52 bits per heavy atom. The van der Waals surface area contributed by atoms with Crippen LogP contribution in [0.4, 0.5) is 0 Å². The van der Waals surface area contributed by atoms with Gasteiger partial charge in [0.15, 0.2) is 6.61 Å². The van der Waals surface area contributed by atoms with E-state index in [1.165, 1.54) is 0 Å². The van der Waals surface area contributed by atoms with Crippen molar-refractivity contribution in [2.75, 3.05) is 13.2 Å². The summed E-state index contributed by atoms with van der Waals surface area (Å²) in [4.78, 5) is 28.2. The van der Waals surface area contributed by atoms with E-state index < -0.39 is 5.97 Å². The molecule has 1 aromatic heterocycles. The van der Waals surface area contributed by atoms with Gasteiger partial charge in [-0.2, -0.15) is 0 Å². The van der Waals surface area contributed by atoms with Crippen molar-refractivity contribution in [3.8, 4) is 5.75 Å². The Morgan fingerprint density at radius 1 is 1.07 bits per heavy atom. The van der Waals surface area contributed by atoms with E-state index in [1.807, 2.05) is 42.6 Å². The van der Waals surface area contributed by atoms with Gasteiger partial charge in [0.1, 0.15) is 12.4 Å². The third kappa shape index (κ3) is 6.73. The van der Waals surface area contributed by atoms with E-state index in [0.717, 1.165) is 22.7 Å². The molecule has 2 aromatic carbocycles. The summed E-state index contributed by atoms with van der Waals surface area (Å²) in [6.07, 6.45) is 0.725. The van der Waals surface area contributed by atoms with Crippen LogP contribution in [0, 0.1) is 6.92 Å². The number of thiazole rings is 1. The van der Waals surface area contributed by atoms with Crippen LogP contribution in [0.5, 0.6) is 5.75 Å². The molecule has 0 saturated heterocycles. The van der Waals surface area contributed by atoms with Crippen LogP contribution in [0.25, 0.3) is 0 Å². The number of hydrogen-bond acceptors (Lipinski definition) is 6. The molecule has 0 bridgehead atoms. The van der Waals surface area contributed by atoms with Gasteiger partial charge in [-0.1, -0.05) is 30.3 Å². The van der Waals surface area contributed by atoms with E-state index in [1.54, 1.807) is 35.6 Å². The second kappa shape index (κ2) is 10.4. The highest BCUT2D eigenvalue weighted by molar-refractivity contribution is 7.09. The largest absolute Gasteiger partial charge is 0.487 e. The van der Waals surface area contributed by atoms with Crippen LogP contribution in [-0.2, 0) is 22.6 Å². The summed E-state index contributed by atoms with van der Waals surface area (Å²) in [6, 6.07) is 16.4. The van der Waals surface area contributed by atoms with E-state index in [9.17, 15) is 9.59 Å². The molecule has 1 amide bonds. The average molecular weight is 410 g/mol. The van der Waals surface area contributed by atoms with Gasteiger partial charge in [-0.25, -0.2) is 9.78 Å². The van der Waals surface area contributed by atoms with Crippen LogP contribution >= 0.6 is 11.3 Å². The quantitative estimate of drug-likeness (QED) is 0.546. The zero-order valence-electron chi connectivity index (χ0n) is 16.1. The number of rotatable bonds is 9. The van der Waals surface area contributed by atoms with Crippen molar-refractivity contribution in [3.63, 3.8) is 0 Å². The van der Waals surface area contributed by atoms with E-state index in [4.69, 9.17) is 9.47 Å². The summed E-state index contributed by atoms with van der Waals surface area (Å²) in [6.45, 7) is 2.50. The number of amides is 1. The number of nitrogens with one attached hydrogen (secondary N) is 1. The summed E-state index contributed by atoms with van der Waals surface area (Å²) >= 11 is 1.57. The normalized spacial score (nSPS) is 10.4. The number of ether oxygens (including phenoxy) is 2. The Hall–Kier alpha value is -3.19. The summed E-state index contributed by atoms with van der Waals surface area (Å²) in [5.41, 5.74) is 2.37. The van der Waals surface area contributed by atoms with Gasteiger partial charge in [0, 0.05) is 11.9 Å². The van der Waals surface area contributed by atoms with Crippen molar-refractivity contribution in [1.29, 1.82) is 0 Å². The molecular weight excluding hydrogens is 388 g/mol. The first-order chi connectivity index (χ1) is 14.1. The predicted octanol–water partition coefficient (Wildman–Crippen LogP) is 3.55. The Morgan fingerprint density at radius 2 is 1.83 bits per heavy atom. The molecule has 0 unspecified atom stereocenters. The van der Waals surface area contributed by atoms with Gasteiger partial charge < -0.3 is 14.8 Å². The molecule has 1 N–H and O–H groups in total. The van der Waals surface area contributed by atoms with Gasteiger partial charge >= 0.3 is 5.97 Å². The Balaban J connectivity index is 1.37. The topological polar surface area (TPSA) is 77.5 Å². The molecule has 3 rings (SSSR count). The van der Waals surface area contributed by atoms with E-state index in [-0.39, 0.29) is 12.5 Å². The van der Waals surface area contributed by atoms with Crippen LogP contribution in [0.2, 0.25) is 0 Å². The lowest BCUT2D eigenvalue weighted by Gasteiger charge is -2.08. The molecule has 0 atom stereocenters. The maximum Gasteiger partial charge on any atom is 0.338 e. The fourth-order valence-corrected chi connectivity index (χ4v) is 3.17. The fraction of sp³-hybridized carbons (Fsp3) is 0.227. The van der Waals surface area contributed by atoms with Crippen LogP contribution in [0.3, 0.4) is 0 Å². The molecule has 0 aliphatic rings. The van der Waals surface area contributed by atoms with Crippen LogP contribution < -0.4 is 10.1 Å². The fourth-order valence-electron chi connectivity index (χ4n) is 2.58. The molecule has 150 valence electrons. The van der Waals surface area contributed by atoms with Crippen molar-refractivity contribution in [2.45, 2.75) is 20.0 Å². The summed E-state index contributed by atoms with van der Waals surface area (Å²) in [5.74, 6) is -0.247. The second-order valence-electron chi connectivity index (χ2n) is 6.33. The van der Waals surface area contributed by atoms with Gasteiger partial charge in [-0.15, -0.1) is 11.3 Å². The van der Waals surface area contributed by atoms with E-state index in [0.29, 0.717) is 24.5 Å². The van der Waals surface area contributed by atoms with Crippen LogP contribution in [0.15, 0.2) is 60.0 Å². The molecule has 3 aromatic rings. The van der Waals surface area contributed by atoms with E-state index in [2.05, 4.69) is 10.3 Å². The number of aryl methyl sites for hydroxylation is 1. The van der Waals surface area contributed by atoms with Gasteiger partial charge in [0.2, 0.25) is 0 Å². The van der Waals surface area contributed by atoms with Crippen molar-refractivity contribution < 1.29 is 19.1 Å². The number of hydrogen-bond donors (Lipinski definition) is 1. The molecule has 0 aliphatic heterocycles.